The summed E-state index contributed by atoms with van der Waals surface area (Å²) in [6.07, 6.45) is 1.12. The summed E-state index contributed by atoms with van der Waals surface area (Å²) in [7, 11) is -2.52. The number of amides is 2. The van der Waals surface area contributed by atoms with Crippen LogP contribution in [0.1, 0.15) is 43.4 Å². The number of sulfonamides is 1. The molecule has 0 aliphatic heterocycles. The molecule has 0 radical (unpaired) electrons. The van der Waals surface area contributed by atoms with Gasteiger partial charge in [-0.1, -0.05) is 61.9 Å². The van der Waals surface area contributed by atoms with Crippen molar-refractivity contribution in [2.75, 3.05) is 24.5 Å². The molecule has 0 unspecified atom stereocenters. The van der Waals surface area contributed by atoms with Gasteiger partial charge in [-0.3, -0.25) is 13.9 Å². The maximum absolute atomic E-state index is 14.1. The van der Waals surface area contributed by atoms with E-state index in [2.05, 4.69) is 5.32 Å². The number of hydrogen-bond acceptors (Lipinski definition) is 5. The third-order valence-corrected chi connectivity index (χ3v) is 8.45. The largest absolute Gasteiger partial charge is 0.497 e. The van der Waals surface area contributed by atoms with Crippen molar-refractivity contribution in [2.24, 2.45) is 0 Å². The Balaban J connectivity index is 2.06. The number of aryl methyl sites for hydroxylation is 2. The minimum Gasteiger partial charge on any atom is -0.497 e. The summed E-state index contributed by atoms with van der Waals surface area (Å²) in [6.45, 7) is 7.70. The number of anilines is 1. The molecular formula is C31H39N3O5S. The maximum atomic E-state index is 14.1. The molecule has 3 rings (SSSR count). The van der Waals surface area contributed by atoms with E-state index in [9.17, 15) is 18.0 Å². The van der Waals surface area contributed by atoms with Gasteiger partial charge in [0.1, 0.15) is 18.3 Å². The molecule has 8 nitrogen and oxygen atoms in total. The first-order chi connectivity index (χ1) is 19.1. The van der Waals surface area contributed by atoms with Crippen molar-refractivity contribution in [1.82, 2.24) is 10.2 Å². The number of carbonyl (C=O) groups is 2. The smallest absolute Gasteiger partial charge is 0.264 e. The number of nitrogens with zero attached hydrogens (tertiary/aromatic N) is 2. The second-order valence-electron chi connectivity index (χ2n) is 9.70. The molecule has 40 heavy (non-hydrogen) atoms. The van der Waals surface area contributed by atoms with E-state index in [0.717, 1.165) is 27.4 Å². The quantitative estimate of drug-likeness (QED) is 0.320. The van der Waals surface area contributed by atoms with Gasteiger partial charge in [-0.05, 0) is 68.1 Å². The number of hydrogen-bond donors (Lipinski definition) is 1. The molecular weight excluding hydrogens is 526 g/mol. The summed E-state index contributed by atoms with van der Waals surface area (Å²) in [5.41, 5.74) is 2.90. The second kappa shape index (κ2) is 14.0. The number of methoxy groups -OCH3 is 1. The summed E-state index contributed by atoms with van der Waals surface area (Å²) in [5, 5.41) is 2.89. The van der Waals surface area contributed by atoms with Crippen LogP contribution in [0.4, 0.5) is 5.69 Å². The van der Waals surface area contributed by atoms with Crippen molar-refractivity contribution in [1.29, 1.82) is 0 Å². The van der Waals surface area contributed by atoms with Gasteiger partial charge in [-0.15, -0.1) is 0 Å². The molecule has 1 atom stereocenters. The lowest BCUT2D eigenvalue weighted by molar-refractivity contribution is -0.140. The molecule has 0 spiro atoms. The minimum atomic E-state index is -4.10. The molecule has 214 valence electrons. The van der Waals surface area contributed by atoms with Crippen LogP contribution in [0.3, 0.4) is 0 Å². The summed E-state index contributed by atoms with van der Waals surface area (Å²) >= 11 is 0. The average Bonchev–Trinajstić information content (AvgIpc) is 2.95. The van der Waals surface area contributed by atoms with Gasteiger partial charge in [0.2, 0.25) is 11.8 Å². The lowest BCUT2D eigenvalue weighted by Gasteiger charge is -2.33. The van der Waals surface area contributed by atoms with Crippen molar-refractivity contribution < 1.29 is 22.7 Å². The summed E-state index contributed by atoms with van der Waals surface area (Å²) in [5.74, 6) is -0.0756. The first kappa shape index (κ1) is 30.7. The third-order valence-electron chi connectivity index (χ3n) is 6.68. The highest BCUT2D eigenvalue weighted by atomic mass is 32.2. The fraction of sp³-hybridized carbons (Fsp3) is 0.355. The van der Waals surface area contributed by atoms with Gasteiger partial charge in [-0.2, -0.15) is 0 Å². The second-order valence-corrected chi connectivity index (χ2v) is 11.6. The number of rotatable bonds is 13. The fourth-order valence-corrected chi connectivity index (χ4v) is 6.03. The van der Waals surface area contributed by atoms with Crippen molar-refractivity contribution in [3.05, 3.63) is 89.5 Å². The fourth-order valence-electron chi connectivity index (χ4n) is 4.53. The standard InChI is InChI=1S/C31H39N3O5S/c1-6-19-32-31(36)28(7-2)33(21-25-14-16-26(39-5)17-15-25)30(35)22-34(29-18-13-23(3)20-24(29)4)40(37,38)27-11-9-8-10-12-27/h8-18,20,28H,6-7,19,21-22H2,1-5H3,(H,32,36)/t28-/m0/s1. The van der Waals surface area contributed by atoms with Crippen LogP contribution < -0.4 is 14.4 Å². The monoisotopic (exact) mass is 565 g/mol. The van der Waals surface area contributed by atoms with E-state index in [4.69, 9.17) is 4.74 Å². The lowest BCUT2D eigenvalue weighted by atomic mass is 10.1. The molecule has 0 heterocycles. The van der Waals surface area contributed by atoms with Crippen LogP contribution in [0.5, 0.6) is 5.75 Å². The van der Waals surface area contributed by atoms with E-state index in [1.807, 2.05) is 52.0 Å². The lowest BCUT2D eigenvalue weighted by Crippen LogP contribution is -2.52. The Morgan fingerprint density at radius 3 is 2.20 bits per heavy atom. The molecule has 0 aliphatic carbocycles. The number of nitrogens with one attached hydrogen (secondary N) is 1. The molecule has 0 fully saturated rings. The summed E-state index contributed by atoms with van der Waals surface area (Å²) in [6, 6.07) is 20.0. The van der Waals surface area contributed by atoms with Gasteiger partial charge in [-0.25, -0.2) is 8.42 Å². The van der Waals surface area contributed by atoms with Crippen LogP contribution in [0.15, 0.2) is 77.7 Å². The van der Waals surface area contributed by atoms with Gasteiger partial charge >= 0.3 is 0 Å². The highest BCUT2D eigenvalue weighted by Crippen LogP contribution is 2.28. The van der Waals surface area contributed by atoms with Crippen LogP contribution >= 0.6 is 0 Å². The van der Waals surface area contributed by atoms with Crippen molar-refractivity contribution >= 4 is 27.5 Å². The highest BCUT2D eigenvalue weighted by molar-refractivity contribution is 7.92. The normalized spacial score (nSPS) is 11.9. The van der Waals surface area contributed by atoms with E-state index in [-0.39, 0.29) is 17.3 Å². The minimum absolute atomic E-state index is 0.0807. The number of ether oxygens (including phenoxy) is 1. The first-order valence-electron chi connectivity index (χ1n) is 13.5. The molecule has 3 aromatic rings. The van der Waals surface area contributed by atoms with E-state index < -0.39 is 28.5 Å². The van der Waals surface area contributed by atoms with Crippen LogP contribution in [0, 0.1) is 13.8 Å². The topological polar surface area (TPSA) is 96.0 Å². The first-order valence-corrected chi connectivity index (χ1v) is 14.9. The molecule has 0 bridgehead atoms. The van der Waals surface area contributed by atoms with E-state index >= 15 is 0 Å². The molecule has 0 aliphatic rings. The Labute approximate surface area is 238 Å². The van der Waals surface area contributed by atoms with Gasteiger partial charge in [0.15, 0.2) is 0 Å². The summed E-state index contributed by atoms with van der Waals surface area (Å²) in [4.78, 5) is 28.8. The highest BCUT2D eigenvalue weighted by Gasteiger charge is 2.34. The third kappa shape index (κ3) is 7.41. The van der Waals surface area contributed by atoms with Crippen LogP contribution in [-0.2, 0) is 26.2 Å². The average molecular weight is 566 g/mol. The Morgan fingerprint density at radius 2 is 1.62 bits per heavy atom. The maximum Gasteiger partial charge on any atom is 0.264 e. The van der Waals surface area contributed by atoms with Gasteiger partial charge < -0.3 is 15.0 Å². The molecule has 1 N–H and O–H groups in total. The van der Waals surface area contributed by atoms with Crippen molar-refractivity contribution in [3.63, 3.8) is 0 Å². The van der Waals surface area contributed by atoms with Crippen molar-refractivity contribution in [2.45, 2.75) is 58.0 Å². The van der Waals surface area contributed by atoms with Gasteiger partial charge in [0.05, 0.1) is 17.7 Å². The van der Waals surface area contributed by atoms with E-state index in [0.29, 0.717) is 24.4 Å². The van der Waals surface area contributed by atoms with Crippen LogP contribution in [0.2, 0.25) is 0 Å². The molecule has 0 saturated carbocycles. The van der Waals surface area contributed by atoms with Crippen molar-refractivity contribution in [3.8, 4) is 5.75 Å². The molecule has 2 amide bonds. The Hall–Kier alpha value is -3.85. The molecule has 0 aromatic heterocycles. The zero-order chi connectivity index (χ0) is 29.3. The number of carbonyl (C=O) groups excluding carboxylic acids is 2. The number of benzene rings is 3. The Kier molecular flexibility index (Phi) is 10.7. The predicted molar refractivity (Wildman–Crippen MR) is 158 cm³/mol. The van der Waals surface area contributed by atoms with Gasteiger partial charge in [0, 0.05) is 13.1 Å². The predicted octanol–water partition coefficient (Wildman–Crippen LogP) is 4.84. The van der Waals surface area contributed by atoms with Gasteiger partial charge in [0.25, 0.3) is 10.0 Å². The van der Waals surface area contributed by atoms with E-state index in [1.165, 1.54) is 17.0 Å². The SMILES string of the molecule is CCCNC(=O)[C@H](CC)N(Cc1ccc(OC)cc1)C(=O)CN(c1ccc(C)cc1C)S(=O)(=O)c1ccccc1. The zero-order valence-corrected chi connectivity index (χ0v) is 24.7. The molecule has 3 aromatic carbocycles. The summed E-state index contributed by atoms with van der Waals surface area (Å²) < 4.78 is 34.3. The molecule has 0 saturated heterocycles. The Bertz CT molecular complexity index is 1390. The van der Waals surface area contributed by atoms with E-state index in [1.54, 1.807) is 43.5 Å². The molecule has 9 heteroatoms. The Morgan fingerprint density at radius 1 is 0.950 bits per heavy atom. The van der Waals surface area contributed by atoms with Crippen LogP contribution in [0.25, 0.3) is 0 Å². The zero-order valence-electron chi connectivity index (χ0n) is 23.9. The van der Waals surface area contributed by atoms with Crippen LogP contribution in [-0.4, -0.2) is 51.4 Å².